The Hall–Kier alpha value is -3.16. The Kier molecular flexibility index (Phi) is 6.54. The number of carbonyl (C=O) groups is 2. The number of hydrogen-bond donors (Lipinski definition) is 0. The van der Waals surface area contributed by atoms with Gasteiger partial charge in [-0.15, -0.1) is 0 Å². The van der Waals surface area contributed by atoms with Crippen molar-refractivity contribution in [2.45, 2.75) is 38.0 Å². The molecule has 0 saturated carbocycles. The smallest absolute Gasteiger partial charge is 0.339 e. The molecule has 0 spiro atoms. The normalized spacial score (nSPS) is 21.4. The molecule has 2 atom stereocenters. The predicted molar refractivity (Wildman–Crippen MR) is 115 cm³/mol. The molecule has 0 N–H and O–H groups in total. The second-order valence-electron chi connectivity index (χ2n) is 8.54. The fraction of sp³-hybridized carbons (Fsp3) is 0.360. The van der Waals surface area contributed by atoms with Gasteiger partial charge in [-0.1, -0.05) is 24.3 Å². The van der Waals surface area contributed by atoms with Crippen LogP contribution in [0.4, 0.5) is 17.6 Å². The number of amides is 2. The van der Waals surface area contributed by atoms with Crippen molar-refractivity contribution in [2.24, 2.45) is 5.92 Å². The summed E-state index contributed by atoms with van der Waals surface area (Å²) < 4.78 is 51.8. The molecular formula is C25H24F4N2O2. The summed E-state index contributed by atoms with van der Waals surface area (Å²) in [5.74, 6) is -0.436. The zero-order chi connectivity index (χ0) is 23.6. The molecule has 0 aliphatic carbocycles. The van der Waals surface area contributed by atoms with E-state index in [-0.39, 0.29) is 36.1 Å². The first-order valence-electron chi connectivity index (χ1n) is 10.9. The SMILES string of the molecule is O=C(/C=C/c1cccc(F)c1)N1CC[C@H]2[C@H](CCC(=O)N2Cc2ccc(C(F)(F)F)cc2)C1. The maximum atomic E-state index is 13.3. The van der Waals surface area contributed by atoms with E-state index >= 15 is 0 Å². The minimum absolute atomic E-state index is 0.0121. The molecule has 2 heterocycles. The lowest BCUT2D eigenvalue weighted by molar-refractivity contribution is -0.144. The van der Waals surface area contributed by atoms with Gasteiger partial charge in [-0.2, -0.15) is 13.2 Å². The summed E-state index contributed by atoms with van der Waals surface area (Å²) in [6, 6.07) is 10.8. The average Bonchev–Trinajstić information content (AvgIpc) is 2.79. The van der Waals surface area contributed by atoms with E-state index < -0.39 is 11.7 Å². The highest BCUT2D eigenvalue weighted by Crippen LogP contribution is 2.33. The van der Waals surface area contributed by atoms with Crippen molar-refractivity contribution in [3.05, 3.63) is 77.1 Å². The molecule has 2 aliphatic heterocycles. The summed E-state index contributed by atoms with van der Waals surface area (Å²) >= 11 is 0. The van der Waals surface area contributed by atoms with Crippen molar-refractivity contribution >= 4 is 17.9 Å². The van der Waals surface area contributed by atoms with Crippen LogP contribution in [0, 0.1) is 11.7 Å². The van der Waals surface area contributed by atoms with Gasteiger partial charge in [0.25, 0.3) is 0 Å². The van der Waals surface area contributed by atoms with Crippen LogP contribution in [0.1, 0.15) is 36.0 Å². The summed E-state index contributed by atoms with van der Waals surface area (Å²) in [5.41, 5.74) is 0.532. The van der Waals surface area contributed by atoms with Gasteiger partial charge in [0.1, 0.15) is 5.82 Å². The van der Waals surface area contributed by atoms with Gasteiger partial charge in [-0.05, 0) is 60.2 Å². The molecule has 2 aromatic carbocycles. The van der Waals surface area contributed by atoms with Gasteiger partial charge >= 0.3 is 6.18 Å². The molecule has 2 amide bonds. The van der Waals surface area contributed by atoms with E-state index in [2.05, 4.69) is 0 Å². The molecule has 2 aromatic rings. The van der Waals surface area contributed by atoms with Gasteiger partial charge in [0.2, 0.25) is 11.8 Å². The summed E-state index contributed by atoms with van der Waals surface area (Å²) in [5, 5.41) is 0. The highest BCUT2D eigenvalue weighted by molar-refractivity contribution is 5.92. The average molecular weight is 460 g/mol. The zero-order valence-corrected chi connectivity index (χ0v) is 17.9. The predicted octanol–water partition coefficient (Wildman–Crippen LogP) is 4.90. The third-order valence-corrected chi connectivity index (χ3v) is 6.36. The minimum Gasteiger partial charge on any atom is -0.339 e. The van der Waals surface area contributed by atoms with E-state index in [1.54, 1.807) is 28.0 Å². The number of carbonyl (C=O) groups excluding carboxylic acids is 2. The molecule has 0 radical (unpaired) electrons. The Bertz CT molecular complexity index is 1050. The fourth-order valence-corrected chi connectivity index (χ4v) is 4.64. The van der Waals surface area contributed by atoms with Crippen LogP contribution in [0.3, 0.4) is 0 Å². The highest BCUT2D eigenvalue weighted by atomic mass is 19.4. The second kappa shape index (κ2) is 9.37. The third-order valence-electron chi connectivity index (χ3n) is 6.36. The summed E-state index contributed by atoms with van der Waals surface area (Å²) in [6.07, 6.45) is 0.249. The van der Waals surface area contributed by atoms with Crippen LogP contribution in [0.5, 0.6) is 0 Å². The monoisotopic (exact) mass is 460 g/mol. The van der Waals surface area contributed by atoms with Crippen molar-refractivity contribution in [3.8, 4) is 0 Å². The van der Waals surface area contributed by atoms with E-state index in [9.17, 15) is 27.2 Å². The number of likely N-dealkylation sites (tertiary alicyclic amines) is 2. The first kappa shape index (κ1) is 23.0. The molecule has 8 heteroatoms. The number of halogens is 4. The number of fused-ring (bicyclic) bond motifs is 1. The minimum atomic E-state index is -4.40. The number of nitrogens with zero attached hydrogens (tertiary/aromatic N) is 2. The zero-order valence-electron chi connectivity index (χ0n) is 17.9. The van der Waals surface area contributed by atoms with Crippen LogP contribution < -0.4 is 0 Å². The van der Waals surface area contributed by atoms with Gasteiger partial charge in [-0.25, -0.2) is 4.39 Å². The van der Waals surface area contributed by atoms with E-state index in [1.807, 2.05) is 0 Å². The lowest BCUT2D eigenvalue weighted by atomic mass is 9.83. The van der Waals surface area contributed by atoms with E-state index in [4.69, 9.17) is 0 Å². The van der Waals surface area contributed by atoms with E-state index in [0.29, 0.717) is 43.5 Å². The summed E-state index contributed by atoms with van der Waals surface area (Å²) in [6.45, 7) is 1.24. The second-order valence-corrected chi connectivity index (χ2v) is 8.54. The summed E-state index contributed by atoms with van der Waals surface area (Å²) in [4.78, 5) is 28.7. The summed E-state index contributed by atoms with van der Waals surface area (Å²) in [7, 11) is 0. The van der Waals surface area contributed by atoms with Crippen LogP contribution in [-0.4, -0.2) is 40.7 Å². The molecule has 174 valence electrons. The van der Waals surface area contributed by atoms with E-state index in [1.165, 1.54) is 30.3 Å². The Labute approximate surface area is 189 Å². The maximum Gasteiger partial charge on any atom is 0.416 e. The largest absolute Gasteiger partial charge is 0.416 e. The molecule has 4 nitrogen and oxygen atoms in total. The van der Waals surface area contributed by atoms with Gasteiger partial charge < -0.3 is 9.80 Å². The molecular weight excluding hydrogens is 436 g/mol. The van der Waals surface area contributed by atoms with Crippen molar-refractivity contribution in [3.63, 3.8) is 0 Å². The lowest BCUT2D eigenvalue weighted by Crippen LogP contribution is -2.56. The first-order valence-corrected chi connectivity index (χ1v) is 10.9. The van der Waals surface area contributed by atoms with Gasteiger partial charge in [0.05, 0.1) is 5.56 Å². The van der Waals surface area contributed by atoms with Gasteiger partial charge in [0, 0.05) is 38.2 Å². The third kappa shape index (κ3) is 5.43. The Morgan fingerprint density at radius 2 is 1.85 bits per heavy atom. The fourth-order valence-electron chi connectivity index (χ4n) is 4.64. The molecule has 2 aliphatic rings. The van der Waals surface area contributed by atoms with E-state index in [0.717, 1.165) is 12.1 Å². The van der Waals surface area contributed by atoms with Crippen LogP contribution in [0.25, 0.3) is 6.08 Å². The van der Waals surface area contributed by atoms with Crippen LogP contribution in [0.15, 0.2) is 54.6 Å². The van der Waals surface area contributed by atoms with Crippen molar-refractivity contribution in [1.29, 1.82) is 0 Å². The van der Waals surface area contributed by atoms with Crippen molar-refractivity contribution in [2.75, 3.05) is 13.1 Å². The van der Waals surface area contributed by atoms with Gasteiger partial charge in [-0.3, -0.25) is 9.59 Å². The first-order chi connectivity index (χ1) is 15.7. The maximum absolute atomic E-state index is 13.3. The standard InChI is InChI=1S/C25H24F4N2O2/c26-21-3-1-2-17(14-21)6-10-23(32)30-13-12-22-19(16-30)7-11-24(33)31(22)15-18-4-8-20(9-5-18)25(27,28)29/h1-6,8-10,14,19,22H,7,11-13,15-16H2/b10-6+/t19-,22+/m1/s1. The Morgan fingerprint density at radius 1 is 1.09 bits per heavy atom. The number of piperidine rings is 2. The van der Waals surface area contributed by atoms with Crippen LogP contribution >= 0.6 is 0 Å². The number of benzene rings is 2. The quantitative estimate of drug-likeness (QED) is 0.481. The van der Waals surface area contributed by atoms with Crippen molar-refractivity contribution in [1.82, 2.24) is 9.80 Å². The van der Waals surface area contributed by atoms with Crippen LogP contribution in [-0.2, 0) is 22.3 Å². The Morgan fingerprint density at radius 3 is 2.55 bits per heavy atom. The highest BCUT2D eigenvalue weighted by Gasteiger charge is 2.40. The molecule has 4 rings (SSSR count). The van der Waals surface area contributed by atoms with Crippen molar-refractivity contribution < 1.29 is 27.2 Å². The van der Waals surface area contributed by atoms with Crippen LogP contribution in [0.2, 0.25) is 0 Å². The number of hydrogen-bond acceptors (Lipinski definition) is 2. The molecule has 0 aromatic heterocycles. The number of alkyl halides is 3. The topological polar surface area (TPSA) is 40.6 Å². The molecule has 2 saturated heterocycles. The van der Waals surface area contributed by atoms with Gasteiger partial charge in [0.15, 0.2) is 0 Å². The molecule has 33 heavy (non-hydrogen) atoms. The lowest BCUT2D eigenvalue weighted by Gasteiger charge is -2.47. The number of rotatable bonds is 4. The molecule has 2 fully saturated rings. The molecule has 0 bridgehead atoms. The Balaban J connectivity index is 1.40. The molecule has 0 unspecified atom stereocenters.